The number of allylic oxidation sites excluding steroid dienone is 3. The van der Waals surface area contributed by atoms with E-state index in [1.165, 1.54) is 16.7 Å². The van der Waals surface area contributed by atoms with Crippen LogP contribution in [-0.2, 0) is 16.4 Å². The van der Waals surface area contributed by atoms with Crippen LogP contribution >= 0.6 is 22.9 Å². The highest BCUT2D eigenvalue weighted by Crippen LogP contribution is 2.33. The number of benzene rings is 1. The highest BCUT2D eigenvalue weighted by molar-refractivity contribution is 7.90. The third kappa shape index (κ3) is 4.90. The molecule has 4 rings (SSSR count). The SMILES string of the molecule is Cc1cc(C)cc(Cc2csc(N3CCN(S(=O)(=O)C4C=CC=CC4(C)Cl)CC3)n2)c1. The standard InChI is InChI=1S/C23H28ClN3O2S2/c1-17-12-18(2)14-19(13-17)15-20-16-30-22(25-20)26-8-10-27(11-9-26)31(28,29)21-6-4-5-7-23(21,3)24/h4-7,12-14,16,21H,8-11,15H2,1-3H3. The van der Waals surface area contributed by atoms with E-state index in [1.54, 1.807) is 46.9 Å². The highest BCUT2D eigenvalue weighted by atomic mass is 35.5. The summed E-state index contributed by atoms with van der Waals surface area (Å²) in [6.07, 6.45) is 7.81. The van der Waals surface area contributed by atoms with E-state index in [0.29, 0.717) is 26.2 Å². The zero-order valence-electron chi connectivity index (χ0n) is 18.1. The number of aromatic nitrogens is 1. The third-order valence-electron chi connectivity index (χ3n) is 5.77. The molecule has 1 saturated heterocycles. The Bertz CT molecular complexity index is 1090. The van der Waals surface area contributed by atoms with Gasteiger partial charge in [-0.25, -0.2) is 13.4 Å². The minimum Gasteiger partial charge on any atom is -0.345 e. The Morgan fingerprint density at radius 2 is 1.81 bits per heavy atom. The second-order valence-electron chi connectivity index (χ2n) is 8.54. The maximum absolute atomic E-state index is 13.2. The quantitative estimate of drug-likeness (QED) is 0.602. The third-order valence-corrected chi connectivity index (χ3v) is 9.59. The van der Waals surface area contributed by atoms with Crippen molar-refractivity contribution in [2.45, 2.75) is 37.3 Å². The minimum absolute atomic E-state index is 0.440. The maximum atomic E-state index is 13.2. The number of rotatable bonds is 5. The van der Waals surface area contributed by atoms with Gasteiger partial charge >= 0.3 is 0 Å². The first-order valence-electron chi connectivity index (χ1n) is 10.5. The van der Waals surface area contributed by atoms with Gasteiger partial charge in [0.25, 0.3) is 0 Å². The van der Waals surface area contributed by atoms with Crippen LogP contribution < -0.4 is 4.90 Å². The molecule has 0 bridgehead atoms. The number of halogens is 1. The van der Waals surface area contributed by atoms with E-state index in [1.807, 2.05) is 0 Å². The molecule has 1 aliphatic carbocycles. The molecule has 2 unspecified atom stereocenters. The van der Waals surface area contributed by atoms with Gasteiger partial charge in [-0.05, 0) is 26.3 Å². The molecule has 2 heterocycles. The predicted molar refractivity (Wildman–Crippen MR) is 130 cm³/mol. The maximum Gasteiger partial charge on any atom is 0.222 e. The Morgan fingerprint density at radius 3 is 2.45 bits per heavy atom. The lowest BCUT2D eigenvalue weighted by Gasteiger charge is -2.38. The normalized spacial score (nSPS) is 24.6. The largest absolute Gasteiger partial charge is 0.345 e. The number of thiazole rings is 1. The lowest BCUT2D eigenvalue weighted by molar-refractivity contribution is 0.379. The molecule has 5 nitrogen and oxygen atoms in total. The van der Waals surface area contributed by atoms with E-state index in [9.17, 15) is 8.42 Å². The summed E-state index contributed by atoms with van der Waals surface area (Å²) < 4.78 is 27.9. The summed E-state index contributed by atoms with van der Waals surface area (Å²) in [4.78, 5) is 6.08. The van der Waals surface area contributed by atoms with Crippen molar-refractivity contribution in [2.75, 3.05) is 31.1 Å². The summed E-state index contributed by atoms with van der Waals surface area (Å²) in [7, 11) is -3.52. The van der Waals surface area contributed by atoms with Crippen LogP contribution in [0.2, 0.25) is 0 Å². The second-order valence-corrected chi connectivity index (χ2v) is 12.2. The first kappa shape index (κ1) is 22.5. The fourth-order valence-corrected chi connectivity index (χ4v) is 7.59. The van der Waals surface area contributed by atoms with Crippen molar-refractivity contribution in [3.8, 4) is 0 Å². The summed E-state index contributed by atoms with van der Waals surface area (Å²) in [6.45, 7) is 8.11. The van der Waals surface area contributed by atoms with Gasteiger partial charge in [0.1, 0.15) is 5.25 Å². The van der Waals surface area contributed by atoms with Gasteiger partial charge in [-0.1, -0.05) is 53.6 Å². The molecule has 0 saturated carbocycles. The van der Waals surface area contributed by atoms with Crippen LogP contribution in [0.15, 0.2) is 47.9 Å². The van der Waals surface area contributed by atoms with Crippen LogP contribution in [0.5, 0.6) is 0 Å². The lowest BCUT2D eigenvalue weighted by atomic mass is 10.0. The average Bonchev–Trinajstić information content (AvgIpc) is 3.15. The van der Waals surface area contributed by atoms with Crippen LogP contribution in [0, 0.1) is 13.8 Å². The van der Waals surface area contributed by atoms with Crippen molar-refractivity contribution in [2.24, 2.45) is 0 Å². The first-order chi connectivity index (χ1) is 14.6. The monoisotopic (exact) mass is 477 g/mol. The van der Waals surface area contributed by atoms with Crippen LogP contribution in [0.25, 0.3) is 0 Å². The second kappa shape index (κ2) is 8.70. The Morgan fingerprint density at radius 1 is 1.13 bits per heavy atom. The molecule has 1 fully saturated rings. The molecule has 8 heteroatoms. The van der Waals surface area contributed by atoms with Gasteiger partial charge in [-0.2, -0.15) is 4.31 Å². The number of sulfonamides is 1. The number of anilines is 1. The zero-order chi connectivity index (χ0) is 22.2. The molecule has 2 aromatic rings. The van der Waals surface area contributed by atoms with Gasteiger partial charge in [0.05, 0.1) is 10.6 Å². The Balaban J connectivity index is 1.40. The molecule has 31 heavy (non-hydrogen) atoms. The molecule has 2 atom stereocenters. The fraction of sp³-hybridized carbons (Fsp3) is 0.435. The van der Waals surface area contributed by atoms with Crippen LogP contribution in [-0.4, -0.2) is 54.0 Å². The Hall–Kier alpha value is -1.67. The van der Waals surface area contributed by atoms with Crippen LogP contribution in [0.4, 0.5) is 5.13 Å². The van der Waals surface area contributed by atoms with Gasteiger partial charge < -0.3 is 4.90 Å². The molecular weight excluding hydrogens is 450 g/mol. The topological polar surface area (TPSA) is 53.5 Å². The van der Waals surface area contributed by atoms with Gasteiger partial charge in [0.2, 0.25) is 10.0 Å². The number of alkyl halides is 1. The van der Waals surface area contributed by atoms with Crippen molar-refractivity contribution in [3.05, 3.63) is 70.3 Å². The number of aryl methyl sites for hydroxylation is 2. The molecule has 1 aromatic heterocycles. The summed E-state index contributed by atoms with van der Waals surface area (Å²) >= 11 is 8.12. The molecule has 1 aromatic carbocycles. The molecule has 0 spiro atoms. The van der Waals surface area contributed by atoms with Gasteiger partial charge in [0, 0.05) is 38.0 Å². The molecule has 0 amide bonds. The van der Waals surface area contributed by atoms with Crippen molar-refractivity contribution >= 4 is 38.1 Å². The van der Waals surface area contributed by atoms with Gasteiger partial charge in [-0.3, -0.25) is 0 Å². The predicted octanol–water partition coefficient (Wildman–Crippen LogP) is 4.29. The van der Waals surface area contributed by atoms with E-state index >= 15 is 0 Å². The van der Waals surface area contributed by atoms with E-state index in [2.05, 4.69) is 42.3 Å². The summed E-state index contributed by atoms with van der Waals surface area (Å²) in [5.74, 6) is 0. The molecular formula is C23H28ClN3O2S2. The Kier molecular flexibility index (Phi) is 6.32. The number of hydrogen-bond acceptors (Lipinski definition) is 5. The van der Waals surface area contributed by atoms with E-state index in [-0.39, 0.29) is 0 Å². The molecule has 0 radical (unpaired) electrons. The van der Waals surface area contributed by atoms with Gasteiger partial charge in [-0.15, -0.1) is 22.9 Å². The molecule has 1 aliphatic heterocycles. The molecule has 166 valence electrons. The summed E-state index contributed by atoms with van der Waals surface area (Å²) in [5.41, 5.74) is 4.85. The van der Waals surface area contributed by atoms with Gasteiger partial charge in [0.15, 0.2) is 5.13 Å². The zero-order valence-corrected chi connectivity index (χ0v) is 20.5. The van der Waals surface area contributed by atoms with E-state index in [0.717, 1.165) is 17.2 Å². The average molecular weight is 478 g/mol. The minimum atomic E-state index is -3.52. The van der Waals surface area contributed by atoms with Crippen LogP contribution in [0.3, 0.4) is 0 Å². The lowest BCUT2D eigenvalue weighted by Crippen LogP contribution is -2.54. The van der Waals surface area contributed by atoms with Crippen molar-refractivity contribution in [1.82, 2.24) is 9.29 Å². The fourth-order valence-electron chi connectivity index (χ4n) is 4.28. The van der Waals surface area contributed by atoms with E-state index < -0.39 is 20.1 Å². The van der Waals surface area contributed by atoms with Crippen molar-refractivity contribution < 1.29 is 8.42 Å². The number of piperazine rings is 1. The summed E-state index contributed by atoms with van der Waals surface area (Å²) in [6, 6.07) is 6.58. The van der Waals surface area contributed by atoms with E-state index in [4.69, 9.17) is 16.6 Å². The smallest absolute Gasteiger partial charge is 0.222 e. The van der Waals surface area contributed by atoms with Crippen LogP contribution in [0.1, 0.15) is 29.3 Å². The number of nitrogens with zero attached hydrogens (tertiary/aromatic N) is 3. The Labute approximate surface area is 194 Å². The first-order valence-corrected chi connectivity index (χ1v) is 13.2. The summed E-state index contributed by atoms with van der Waals surface area (Å²) in [5, 5.41) is 2.32. The number of hydrogen-bond donors (Lipinski definition) is 0. The van der Waals surface area contributed by atoms with Crippen molar-refractivity contribution in [3.63, 3.8) is 0 Å². The van der Waals surface area contributed by atoms with Crippen molar-refractivity contribution in [1.29, 1.82) is 0 Å². The molecule has 0 N–H and O–H groups in total. The highest BCUT2D eigenvalue weighted by Gasteiger charge is 2.43. The molecule has 2 aliphatic rings.